The standard InChI is InChI=1S/C18H24FNO4/c1-23-12-14-11-13(6-8-16(14)19)18(22)20-10-4-3-5-15(20)7-9-17(21)24-2/h6,8,11,15H,3-5,7,9-10,12H2,1-2H3/t15-/m1/s1. The van der Waals surface area contributed by atoms with E-state index in [-0.39, 0.29) is 30.3 Å². The van der Waals surface area contributed by atoms with Crippen molar-refractivity contribution < 1.29 is 23.5 Å². The molecule has 1 aromatic carbocycles. The van der Waals surface area contributed by atoms with Crippen LogP contribution in [0.3, 0.4) is 0 Å². The van der Waals surface area contributed by atoms with Crippen molar-refractivity contribution in [2.24, 2.45) is 0 Å². The summed E-state index contributed by atoms with van der Waals surface area (Å²) in [5.74, 6) is -0.770. The quantitative estimate of drug-likeness (QED) is 0.749. The zero-order chi connectivity index (χ0) is 17.5. The summed E-state index contributed by atoms with van der Waals surface area (Å²) >= 11 is 0. The predicted octanol–water partition coefficient (Wildman–Crippen LogP) is 2.92. The van der Waals surface area contributed by atoms with Crippen molar-refractivity contribution in [3.63, 3.8) is 0 Å². The molecular formula is C18H24FNO4. The lowest BCUT2D eigenvalue weighted by atomic mass is 9.96. The first kappa shape index (κ1) is 18.4. The van der Waals surface area contributed by atoms with E-state index >= 15 is 0 Å². The van der Waals surface area contributed by atoms with Gasteiger partial charge in [0.15, 0.2) is 0 Å². The van der Waals surface area contributed by atoms with Crippen molar-refractivity contribution >= 4 is 11.9 Å². The maximum absolute atomic E-state index is 13.7. The Hall–Kier alpha value is -1.95. The molecule has 0 saturated carbocycles. The number of benzene rings is 1. The molecule has 0 bridgehead atoms. The molecule has 1 fully saturated rings. The summed E-state index contributed by atoms with van der Waals surface area (Å²) in [5.41, 5.74) is 0.819. The van der Waals surface area contributed by atoms with Gasteiger partial charge in [0.25, 0.3) is 5.91 Å². The van der Waals surface area contributed by atoms with E-state index in [0.717, 1.165) is 19.3 Å². The lowest BCUT2D eigenvalue weighted by Gasteiger charge is -2.36. The lowest BCUT2D eigenvalue weighted by molar-refractivity contribution is -0.141. The molecule has 0 N–H and O–H groups in total. The molecule has 6 heteroatoms. The van der Waals surface area contributed by atoms with Crippen LogP contribution in [0.1, 0.15) is 48.0 Å². The van der Waals surface area contributed by atoms with E-state index in [9.17, 15) is 14.0 Å². The third-order valence-electron chi connectivity index (χ3n) is 4.39. The van der Waals surface area contributed by atoms with Gasteiger partial charge in [0.05, 0.1) is 13.7 Å². The number of likely N-dealkylation sites (tertiary alicyclic amines) is 1. The van der Waals surface area contributed by atoms with E-state index in [2.05, 4.69) is 4.74 Å². The Labute approximate surface area is 141 Å². The molecule has 1 aromatic rings. The number of carbonyl (C=O) groups is 2. The summed E-state index contributed by atoms with van der Waals surface area (Å²) in [6.45, 7) is 0.778. The van der Waals surface area contributed by atoms with Crippen LogP contribution in [0.4, 0.5) is 4.39 Å². The fourth-order valence-electron chi connectivity index (χ4n) is 3.09. The number of halogens is 1. The number of esters is 1. The molecule has 1 aliphatic heterocycles. The maximum atomic E-state index is 13.7. The molecule has 2 rings (SSSR count). The molecule has 0 unspecified atom stereocenters. The fraction of sp³-hybridized carbons (Fsp3) is 0.556. The summed E-state index contributed by atoms with van der Waals surface area (Å²) < 4.78 is 23.4. The number of hydrogen-bond donors (Lipinski definition) is 0. The zero-order valence-corrected chi connectivity index (χ0v) is 14.2. The Morgan fingerprint density at radius 1 is 1.29 bits per heavy atom. The maximum Gasteiger partial charge on any atom is 0.305 e. The number of ether oxygens (including phenoxy) is 2. The summed E-state index contributed by atoms with van der Waals surface area (Å²) in [5, 5.41) is 0. The molecule has 5 nitrogen and oxygen atoms in total. The topological polar surface area (TPSA) is 55.8 Å². The lowest BCUT2D eigenvalue weighted by Crippen LogP contribution is -2.44. The summed E-state index contributed by atoms with van der Waals surface area (Å²) in [6.07, 6.45) is 3.73. The third-order valence-corrected chi connectivity index (χ3v) is 4.39. The van der Waals surface area contributed by atoms with E-state index in [1.807, 2.05) is 0 Å². The average molecular weight is 337 g/mol. The minimum absolute atomic E-state index is 0.0151. The number of piperidine rings is 1. The molecule has 0 aromatic heterocycles. The summed E-state index contributed by atoms with van der Waals surface area (Å²) in [7, 11) is 2.85. The van der Waals surface area contributed by atoms with Gasteiger partial charge >= 0.3 is 5.97 Å². The molecule has 1 saturated heterocycles. The van der Waals surface area contributed by atoms with Crippen LogP contribution in [0.5, 0.6) is 0 Å². The SMILES string of the molecule is COCc1cc(C(=O)N2CCCC[C@@H]2CCC(=O)OC)ccc1F. The van der Waals surface area contributed by atoms with E-state index in [4.69, 9.17) is 4.74 Å². The summed E-state index contributed by atoms with van der Waals surface area (Å²) in [4.78, 5) is 26.0. The Morgan fingerprint density at radius 2 is 2.08 bits per heavy atom. The number of amides is 1. The van der Waals surface area contributed by atoms with Crippen LogP contribution in [0.25, 0.3) is 0 Å². The highest BCUT2D eigenvalue weighted by molar-refractivity contribution is 5.94. The second kappa shape index (κ2) is 8.78. The second-order valence-corrected chi connectivity index (χ2v) is 6.00. The Kier molecular flexibility index (Phi) is 6.73. The molecule has 24 heavy (non-hydrogen) atoms. The number of rotatable bonds is 6. The van der Waals surface area contributed by atoms with E-state index in [1.165, 1.54) is 26.4 Å². The van der Waals surface area contributed by atoms with Crippen LogP contribution in [0.15, 0.2) is 18.2 Å². The van der Waals surface area contributed by atoms with E-state index in [0.29, 0.717) is 30.5 Å². The van der Waals surface area contributed by atoms with Crippen LogP contribution in [0.2, 0.25) is 0 Å². The normalized spacial score (nSPS) is 17.6. The Bertz CT molecular complexity index is 590. The Morgan fingerprint density at radius 3 is 2.79 bits per heavy atom. The predicted molar refractivity (Wildman–Crippen MR) is 87.0 cm³/mol. The Balaban J connectivity index is 2.13. The van der Waals surface area contributed by atoms with Gasteiger partial charge in [-0.1, -0.05) is 0 Å². The number of carbonyl (C=O) groups excluding carboxylic acids is 2. The summed E-state index contributed by atoms with van der Waals surface area (Å²) in [6, 6.07) is 4.37. The van der Waals surface area contributed by atoms with Gasteiger partial charge in [0, 0.05) is 37.2 Å². The molecule has 132 valence electrons. The zero-order valence-electron chi connectivity index (χ0n) is 14.2. The molecule has 1 atom stereocenters. The minimum atomic E-state index is -0.380. The molecule has 1 heterocycles. The number of methoxy groups -OCH3 is 2. The van der Waals surface area contributed by atoms with E-state index < -0.39 is 0 Å². The fourth-order valence-corrected chi connectivity index (χ4v) is 3.09. The molecule has 1 amide bonds. The van der Waals surface area contributed by atoms with Crippen molar-refractivity contribution in [3.05, 3.63) is 35.1 Å². The molecule has 1 aliphatic rings. The van der Waals surface area contributed by atoms with Gasteiger partial charge < -0.3 is 14.4 Å². The highest BCUT2D eigenvalue weighted by Crippen LogP contribution is 2.24. The van der Waals surface area contributed by atoms with Crippen LogP contribution in [-0.2, 0) is 20.9 Å². The first-order chi connectivity index (χ1) is 11.6. The smallest absolute Gasteiger partial charge is 0.305 e. The van der Waals surface area contributed by atoms with Gasteiger partial charge in [-0.05, 0) is 43.9 Å². The molecular weight excluding hydrogens is 313 g/mol. The van der Waals surface area contributed by atoms with Gasteiger partial charge in [-0.3, -0.25) is 9.59 Å². The molecule has 0 radical (unpaired) electrons. The van der Waals surface area contributed by atoms with Crippen molar-refractivity contribution in [1.29, 1.82) is 0 Å². The third kappa shape index (κ3) is 4.54. The van der Waals surface area contributed by atoms with Crippen molar-refractivity contribution in [3.8, 4) is 0 Å². The van der Waals surface area contributed by atoms with Crippen molar-refractivity contribution in [2.75, 3.05) is 20.8 Å². The van der Waals surface area contributed by atoms with Crippen LogP contribution in [0, 0.1) is 5.82 Å². The largest absolute Gasteiger partial charge is 0.469 e. The van der Waals surface area contributed by atoms with Crippen LogP contribution >= 0.6 is 0 Å². The molecule has 0 spiro atoms. The van der Waals surface area contributed by atoms with Crippen molar-refractivity contribution in [2.45, 2.75) is 44.8 Å². The monoisotopic (exact) mass is 337 g/mol. The van der Waals surface area contributed by atoms with Crippen LogP contribution in [-0.4, -0.2) is 43.6 Å². The highest BCUT2D eigenvalue weighted by atomic mass is 19.1. The molecule has 0 aliphatic carbocycles. The highest BCUT2D eigenvalue weighted by Gasteiger charge is 2.28. The average Bonchev–Trinajstić information content (AvgIpc) is 2.61. The van der Waals surface area contributed by atoms with Gasteiger partial charge in [0.1, 0.15) is 5.82 Å². The van der Waals surface area contributed by atoms with Crippen LogP contribution < -0.4 is 0 Å². The van der Waals surface area contributed by atoms with Gasteiger partial charge in [-0.2, -0.15) is 0 Å². The first-order valence-electron chi connectivity index (χ1n) is 8.22. The second-order valence-electron chi connectivity index (χ2n) is 6.00. The van der Waals surface area contributed by atoms with Crippen molar-refractivity contribution in [1.82, 2.24) is 4.90 Å². The first-order valence-corrected chi connectivity index (χ1v) is 8.22. The number of nitrogens with zero attached hydrogens (tertiary/aromatic N) is 1. The number of hydrogen-bond acceptors (Lipinski definition) is 4. The van der Waals surface area contributed by atoms with Gasteiger partial charge in [-0.15, -0.1) is 0 Å². The van der Waals surface area contributed by atoms with E-state index in [1.54, 1.807) is 11.0 Å². The minimum Gasteiger partial charge on any atom is -0.469 e. The van der Waals surface area contributed by atoms with Gasteiger partial charge in [-0.25, -0.2) is 4.39 Å². The van der Waals surface area contributed by atoms with Gasteiger partial charge in [0.2, 0.25) is 0 Å².